The number of benzene rings is 2. The summed E-state index contributed by atoms with van der Waals surface area (Å²) in [4.78, 5) is 18.0. The van der Waals surface area contributed by atoms with E-state index in [2.05, 4.69) is 41.2 Å². The van der Waals surface area contributed by atoms with E-state index in [1.807, 2.05) is 45.9 Å². The van der Waals surface area contributed by atoms with Gasteiger partial charge in [0.2, 0.25) is 11.9 Å². The van der Waals surface area contributed by atoms with Gasteiger partial charge in [-0.1, -0.05) is 47.3 Å². The zero-order valence-electron chi connectivity index (χ0n) is 31.0. The summed E-state index contributed by atoms with van der Waals surface area (Å²) in [7, 11) is 10.3. The number of unbranched alkanes of at least 4 members (excludes halogenated alkanes) is 6. The van der Waals surface area contributed by atoms with Crippen molar-refractivity contribution < 1.29 is 18.9 Å². The normalized spacial score (nSPS) is 11.2. The summed E-state index contributed by atoms with van der Waals surface area (Å²) in [5.74, 6) is 6.59. The maximum absolute atomic E-state index is 6.18. The van der Waals surface area contributed by atoms with Gasteiger partial charge in [0.15, 0.2) is 23.0 Å². The Labute approximate surface area is 315 Å². The minimum Gasteiger partial charge on any atom is -0.493 e. The van der Waals surface area contributed by atoms with Gasteiger partial charge in [0.1, 0.15) is 11.6 Å². The molecule has 0 atom stereocenters. The molecule has 0 bridgehead atoms. The zero-order chi connectivity index (χ0) is 37.0. The second kappa shape index (κ2) is 22.9. The van der Waals surface area contributed by atoms with Crippen LogP contribution in [0.2, 0.25) is 0 Å². The highest BCUT2D eigenvalue weighted by atomic mass is 33.1. The lowest BCUT2D eigenvalue weighted by atomic mass is 10.2. The van der Waals surface area contributed by atoms with E-state index in [-0.39, 0.29) is 0 Å². The molecule has 286 valence electrons. The molecule has 0 radical (unpaired) electrons. The zero-order valence-corrected chi connectivity index (χ0v) is 32.6. The quantitative estimate of drug-likeness (QED) is 0.0308. The summed E-state index contributed by atoms with van der Waals surface area (Å²) < 4.78 is 21.5. The van der Waals surface area contributed by atoms with Gasteiger partial charge in [0, 0.05) is 60.6 Å². The summed E-state index contributed by atoms with van der Waals surface area (Å²) >= 11 is 0. The second-order valence-electron chi connectivity index (χ2n) is 12.1. The van der Waals surface area contributed by atoms with Crippen molar-refractivity contribution in [3.8, 4) is 23.0 Å². The number of nitrogens with two attached hydrogens (primary N) is 2. The van der Waals surface area contributed by atoms with Crippen LogP contribution in [0.5, 0.6) is 23.0 Å². The fourth-order valence-electron chi connectivity index (χ4n) is 5.57. The average molecular weight is 757 g/mol. The van der Waals surface area contributed by atoms with E-state index in [0.717, 1.165) is 98.3 Å². The predicted octanol–water partition coefficient (Wildman–Crippen LogP) is 5.98. The number of nitrogens with zero attached hydrogens (tertiary/aromatic N) is 4. The molecule has 0 saturated carbocycles. The summed E-state index contributed by atoms with van der Waals surface area (Å²) in [6, 6.07) is 7.26. The van der Waals surface area contributed by atoms with Crippen LogP contribution in [0.15, 0.2) is 24.3 Å². The van der Waals surface area contributed by atoms with E-state index < -0.39 is 0 Å². The van der Waals surface area contributed by atoms with Gasteiger partial charge < -0.3 is 51.7 Å². The van der Waals surface area contributed by atoms with Crippen LogP contribution in [0.3, 0.4) is 0 Å². The fraction of sp³-hybridized carbons (Fsp3) is 0.556. The lowest BCUT2D eigenvalue weighted by Gasteiger charge is -2.11. The van der Waals surface area contributed by atoms with Gasteiger partial charge in [-0.05, 0) is 50.9 Å². The maximum Gasteiger partial charge on any atom is 0.225 e. The van der Waals surface area contributed by atoms with Crippen LogP contribution < -0.4 is 51.7 Å². The third-order valence-electron chi connectivity index (χ3n) is 8.40. The van der Waals surface area contributed by atoms with Gasteiger partial charge in [-0.3, -0.25) is 0 Å². The molecule has 0 saturated heterocycles. The number of hydrogen-bond donors (Lipinski definition) is 6. The Morgan fingerprint density at radius 2 is 0.846 bits per heavy atom. The molecule has 14 nitrogen and oxygen atoms in total. The number of aromatic nitrogens is 4. The van der Waals surface area contributed by atoms with Crippen molar-refractivity contribution in [2.45, 2.75) is 51.4 Å². The highest BCUT2D eigenvalue weighted by Crippen LogP contribution is 2.35. The van der Waals surface area contributed by atoms with E-state index in [0.29, 0.717) is 46.5 Å². The summed E-state index contributed by atoms with van der Waals surface area (Å²) in [5.41, 5.74) is 13.8. The van der Waals surface area contributed by atoms with Crippen molar-refractivity contribution in [3.05, 3.63) is 24.3 Å². The number of nitrogen functional groups attached to an aromatic ring is 2. The number of rotatable bonds is 27. The van der Waals surface area contributed by atoms with Gasteiger partial charge in [-0.15, -0.1) is 0 Å². The van der Waals surface area contributed by atoms with Crippen LogP contribution in [-0.4, -0.2) is 99.1 Å². The number of anilines is 4. The van der Waals surface area contributed by atoms with Gasteiger partial charge in [0.05, 0.1) is 39.5 Å². The van der Waals surface area contributed by atoms with Crippen molar-refractivity contribution in [1.29, 1.82) is 0 Å². The molecule has 2 aromatic carbocycles. The molecule has 4 rings (SSSR count). The molecule has 0 aliphatic carbocycles. The smallest absolute Gasteiger partial charge is 0.225 e. The molecule has 0 aliphatic rings. The van der Waals surface area contributed by atoms with Crippen LogP contribution in [-0.2, 0) is 0 Å². The molecular formula is C36H56N10O4S2. The third-order valence-corrected chi connectivity index (χ3v) is 10.8. The van der Waals surface area contributed by atoms with Gasteiger partial charge in [0.25, 0.3) is 0 Å². The van der Waals surface area contributed by atoms with Crippen molar-refractivity contribution in [1.82, 2.24) is 30.6 Å². The first-order chi connectivity index (χ1) is 25.5. The topological polar surface area (TPSA) is 189 Å². The first-order valence-corrected chi connectivity index (χ1v) is 20.5. The van der Waals surface area contributed by atoms with Gasteiger partial charge >= 0.3 is 0 Å². The number of hydrogen-bond acceptors (Lipinski definition) is 16. The Morgan fingerprint density at radius 3 is 1.23 bits per heavy atom. The fourth-order valence-corrected chi connectivity index (χ4v) is 7.47. The van der Waals surface area contributed by atoms with Crippen molar-refractivity contribution in [3.63, 3.8) is 0 Å². The molecule has 4 aromatic rings. The summed E-state index contributed by atoms with van der Waals surface area (Å²) in [6.07, 6.45) is 9.17. The van der Waals surface area contributed by atoms with E-state index >= 15 is 0 Å². The van der Waals surface area contributed by atoms with Crippen LogP contribution in [0, 0.1) is 0 Å². The molecule has 0 aliphatic heterocycles. The SMILES string of the molecule is COc1cc2nc(NCCCCCCNCCSSCCNCCCCCCNc3nc(N)c4cc(OC)c(OC)cc4n3)nc(N)c2cc1OC. The molecule has 16 heteroatoms. The highest BCUT2D eigenvalue weighted by molar-refractivity contribution is 8.76. The standard InChI is InChI=1S/C36H56N10O4S2/c1-47-29-21-25-27(23-31(29)49-3)43-35(45-33(25)37)41-15-11-7-5-9-13-39-17-19-51-52-20-18-40-14-10-6-8-12-16-42-36-44-28-24-32(50-4)30(48-2)22-26(28)34(38)46-36/h21-24,39-40H,5-20H2,1-4H3,(H3,37,41,43,45)(H3,38,42,44,46). The second-order valence-corrected chi connectivity index (χ2v) is 14.8. The minimum absolute atomic E-state index is 0.419. The van der Waals surface area contributed by atoms with E-state index in [9.17, 15) is 0 Å². The van der Waals surface area contributed by atoms with Crippen molar-refractivity contribution in [2.75, 3.05) is 101 Å². The van der Waals surface area contributed by atoms with E-state index in [4.69, 9.17) is 30.4 Å². The molecule has 0 spiro atoms. The van der Waals surface area contributed by atoms with E-state index in [1.54, 1.807) is 28.4 Å². The van der Waals surface area contributed by atoms with Crippen LogP contribution in [0.4, 0.5) is 23.5 Å². The molecule has 0 amide bonds. The summed E-state index contributed by atoms with van der Waals surface area (Å²) in [6.45, 7) is 5.82. The van der Waals surface area contributed by atoms with Crippen molar-refractivity contribution in [2.24, 2.45) is 0 Å². The van der Waals surface area contributed by atoms with Gasteiger partial charge in [-0.25, -0.2) is 9.97 Å². The number of ether oxygens (including phenoxy) is 4. The third kappa shape index (κ3) is 13.0. The molecule has 52 heavy (non-hydrogen) atoms. The minimum atomic E-state index is 0.419. The average Bonchev–Trinajstić information content (AvgIpc) is 3.15. The first kappa shape index (κ1) is 40.9. The first-order valence-electron chi connectivity index (χ1n) is 18.0. The Balaban J connectivity index is 0.906. The van der Waals surface area contributed by atoms with Crippen molar-refractivity contribution >= 4 is 66.9 Å². The number of fused-ring (bicyclic) bond motifs is 2. The molecular weight excluding hydrogens is 701 g/mol. The molecule has 2 aromatic heterocycles. The molecule has 0 fully saturated rings. The molecule has 2 heterocycles. The predicted molar refractivity (Wildman–Crippen MR) is 219 cm³/mol. The summed E-state index contributed by atoms with van der Waals surface area (Å²) in [5, 5.41) is 15.2. The van der Waals surface area contributed by atoms with Crippen LogP contribution >= 0.6 is 21.6 Å². The number of nitrogens with one attached hydrogen (secondary N) is 4. The Bertz CT molecular complexity index is 1550. The maximum atomic E-state index is 6.18. The Morgan fingerprint density at radius 1 is 0.481 bits per heavy atom. The number of methoxy groups -OCH3 is 4. The molecule has 8 N–H and O–H groups in total. The lowest BCUT2D eigenvalue weighted by Crippen LogP contribution is -2.19. The Hall–Kier alpha value is -3.86. The van der Waals surface area contributed by atoms with Gasteiger partial charge in [-0.2, -0.15) is 9.97 Å². The van der Waals surface area contributed by atoms with Crippen LogP contribution in [0.25, 0.3) is 21.8 Å². The Kier molecular flexibility index (Phi) is 18.0. The largest absolute Gasteiger partial charge is 0.493 e. The highest BCUT2D eigenvalue weighted by Gasteiger charge is 2.13. The van der Waals surface area contributed by atoms with E-state index in [1.165, 1.54) is 25.7 Å². The monoisotopic (exact) mass is 756 g/mol. The van der Waals surface area contributed by atoms with Crippen LogP contribution in [0.1, 0.15) is 51.4 Å². The molecule has 0 unspecified atom stereocenters. The lowest BCUT2D eigenvalue weighted by molar-refractivity contribution is 0.356.